The Bertz CT molecular complexity index is 288. The molecule has 0 amide bonds. The molecule has 0 saturated carbocycles. The van der Waals surface area contributed by atoms with Crippen molar-refractivity contribution in [3.63, 3.8) is 0 Å². The first-order chi connectivity index (χ1) is 7.72. The van der Waals surface area contributed by atoms with Gasteiger partial charge >= 0.3 is 0 Å². The van der Waals surface area contributed by atoms with Gasteiger partial charge in [-0.3, -0.25) is 0 Å². The lowest BCUT2D eigenvalue weighted by Gasteiger charge is -2.07. The maximum absolute atomic E-state index is 4.16. The van der Waals surface area contributed by atoms with Gasteiger partial charge in [-0.05, 0) is 20.5 Å². The van der Waals surface area contributed by atoms with Gasteiger partial charge in [0.2, 0.25) is 5.13 Å². The Morgan fingerprint density at radius 3 is 2.88 bits per heavy atom. The summed E-state index contributed by atoms with van der Waals surface area (Å²) in [5, 5.41) is 13.6. The van der Waals surface area contributed by atoms with Crippen molar-refractivity contribution in [2.75, 3.05) is 38.3 Å². The van der Waals surface area contributed by atoms with E-state index in [1.165, 1.54) is 0 Å². The maximum Gasteiger partial charge on any atom is 0.205 e. The number of anilines is 1. The molecule has 1 N–H and O–H groups in total. The van der Waals surface area contributed by atoms with Crippen LogP contribution >= 0.6 is 23.1 Å². The van der Waals surface area contributed by atoms with Crippen LogP contribution in [0.15, 0.2) is 0 Å². The van der Waals surface area contributed by atoms with Gasteiger partial charge in [-0.15, -0.1) is 10.2 Å². The Hall–Kier alpha value is -0.330. The minimum atomic E-state index is 0.949. The average molecular weight is 260 g/mol. The molecule has 0 spiro atoms. The third-order valence-corrected chi connectivity index (χ3v) is 3.91. The molecule has 0 aliphatic rings. The lowest BCUT2D eigenvalue weighted by Crippen LogP contribution is -2.14. The first kappa shape index (κ1) is 13.7. The summed E-state index contributed by atoms with van der Waals surface area (Å²) in [6, 6.07) is 0. The number of hydrogen-bond donors (Lipinski definition) is 1. The van der Waals surface area contributed by atoms with Crippen LogP contribution in [-0.4, -0.2) is 48.0 Å². The molecule has 0 aliphatic carbocycles. The molecule has 1 rings (SSSR count). The molecule has 1 aromatic rings. The molecule has 0 fully saturated rings. The summed E-state index contributed by atoms with van der Waals surface area (Å²) in [6.07, 6.45) is 1.12. The predicted molar refractivity (Wildman–Crippen MR) is 73.4 cm³/mol. The molecular formula is C10H20N4S2. The highest BCUT2D eigenvalue weighted by molar-refractivity contribution is 7.98. The van der Waals surface area contributed by atoms with Crippen LogP contribution in [0.1, 0.15) is 18.4 Å². The fourth-order valence-electron chi connectivity index (χ4n) is 1.02. The van der Waals surface area contributed by atoms with Crippen LogP contribution in [0.2, 0.25) is 0 Å². The molecule has 0 aromatic carbocycles. The van der Waals surface area contributed by atoms with Crippen molar-refractivity contribution in [2.24, 2.45) is 0 Å². The fraction of sp³-hybridized carbons (Fsp3) is 0.800. The summed E-state index contributed by atoms with van der Waals surface area (Å²) in [5.41, 5.74) is 0. The molecule has 0 radical (unpaired) electrons. The lowest BCUT2D eigenvalue weighted by molar-refractivity contribution is 0.437. The lowest BCUT2D eigenvalue weighted by atomic mass is 10.5. The summed E-state index contributed by atoms with van der Waals surface area (Å²) in [6.45, 7) is 4.23. The molecule has 92 valence electrons. The first-order valence-electron chi connectivity index (χ1n) is 5.51. The number of nitrogens with zero attached hydrogens (tertiary/aromatic N) is 3. The zero-order valence-electron chi connectivity index (χ0n) is 10.2. The van der Waals surface area contributed by atoms with E-state index in [1.54, 1.807) is 11.3 Å². The van der Waals surface area contributed by atoms with Crippen LogP contribution in [0, 0.1) is 0 Å². The number of thioether (sulfide) groups is 1. The minimum Gasteiger partial charge on any atom is -0.360 e. The highest BCUT2D eigenvalue weighted by atomic mass is 32.2. The maximum atomic E-state index is 4.16. The van der Waals surface area contributed by atoms with Crippen LogP contribution in [-0.2, 0) is 5.75 Å². The summed E-state index contributed by atoms with van der Waals surface area (Å²) < 4.78 is 0. The fourth-order valence-corrected chi connectivity index (χ4v) is 2.94. The minimum absolute atomic E-state index is 0.949. The molecule has 0 saturated heterocycles. The number of aromatic nitrogens is 2. The van der Waals surface area contributed by atoms with E-state index < -0.39 is 0 Å². The summed E-state index contributed by atoms with van der Waals surface area (Å²) in [4.78, 5) is 2.20. The Morgan fingerprint density at radius 2 is 2.19 bits per heavy atom. The molecular weight excluding hydrogens is 240 g/mol. The van der Waals surface area contributed by atoms with Crippen molar-refractivity contribution in [2.45, 2.75) is 19.1 Å². The second-order valence-electron chi connectivity index (χ2n) is 3.78. The van der Waals surface area contributed by atoms with E-state index in [2.05, 4.69) is 41.4 Å². The van der Waals surface area contributed by atoms with E-state index >= 15 is 0 Å². The van der Waals surface area contributed by atoms with E-state index in [-0.39, 0.29) is 0 Å². The third kappa shape index (κ3) is 5.67. The molecule has 6 heteroatoms. The molecule has 0 bridgehead atoms. The van der Waals surface area contributed by atoms with Gasteiger partial charge in [0.15, 0.2) is 0 Å². The summed E-state index contributed by atoms with van der Waals surface area (Å²) in [7, 11) is 4.19. The Balaban J connectivity index is 2.19. The van der Waals surface area contributed by atoms with Crippen molar-refractivity contribution in [1.82, 2.24) is 15.1 Å². The molecule has 16 heavy (non-hydrogen) atoms. The van der Waals surface area contributed by atoms with Crippen molar-refractivity contribution >= 4 is 28.2 Å². The normalized spacial score (nSPS) is 11.0. The van der Waals surface area contributed by atoms with Crippen molar-refractivity contribution in [1.29, 1.82) is 0 Å². The smallest absolute Gasteiger partial charge is 0.205 e. The molecule has 4 nitrogen and oxygen atoms in total. The monoisotopic (exact) mass is 260 g/mol. The molecule has 1 aromatic heterocycles. The van der Waals surface area contributed by atoms with Gasteiger partial charge in [-0.25, -0.2) is 0 Å². The Labute approximate surface area is 106 Å². The average Bonchev–Trinajstić information content (AvgIpc) is 2.69. The first-order valence-corrected chi connectivity index (χ1v) is 7.48. The van der Waals surface area contributed by atoms with Gasteiger partial charge in [0.25, 0.3) is 0 Å². The zero-order valence-corrected chi connectivity index (χ0v) is 11.8. The van der Waals surface area contributed by atoms with E-state index in [9.17, 15) is 0 Å². The zero-order chi connectivity index (χ0) is 11.8. The topological polar surface area (TPSA) is 41.1 Å². The van der Waals surface area contributed by atoms with Gasteiger partial charge in [0.1, 0.15) is 5.01 Å². The van der Waals surface area contributed by atoms with Crippen LogP contribution in [0.3, 0.4) is 0 Å². The van der Waals surface area contributed by atoms with Gasteiger partial charge < -0.3 is 10.2 Å². The molecule has 0 unspecified atom stereocenters. The van der Waals surface area contributed by atoms with Gasteiger partial charge in [-0.1, -0.05) is 18.3 Å². The van der Waals surface area contributed by atoms with Gasteiger partial charge in [0.05, 0.1) is 0 Å². The number of nitrogens with one attached hydrogen (secondary N) is 1. The van der Waals surface area contributed by atoms with Crippen molar-refractivity contribution < 1.29 is 0 Å². The standard InChI is InChI=1S/C10H20N4S2/c1-4-5-11-10-13-12-9(16-10)8-15-7-6-14(2)3/h4-8H2,1-3H3,(H,11,13). The van der Waals surface area contributed by atoms with Crippen LogP contribution in [0.4, 0.5) is 5.13 Å². The van der Waals surface area contributed by atoms with Crippen molar-refractivity contribution in [3.05, 3.63) is 5.01 Å². The second kappa shape index (κ2) is 7.86. The van der Waals surface area contributed by atoms with E-state index in [4.69, 9.17) is 0 Å². The van der Waals surface area contributed by atoms with E-state index in [0.717, 1.165) is 41.2 Å². The van der Waals surface area contributed by atoms with E-state index in [0.29, 0.717) is 0 Å². The second-order valence-corrected chi connectivity index (χ2v) is 5.95. The Morgan fingerprint density at radius 1 is 1.38 bits per heavy atom. The molecule has 0 aliphatic heterocycles. The Kier molecular flexibility index (Phi) is 6.75. The van der Waals surface area contributed by atoms with Crippen LogP contribution < -0.4 is 5.32 Å². The highest BCUT2D eigenvalue weighted by Gasteiger charge is 2.03. The van der Waals surface area contributed by atoms with Crippen LogP contribution in [0.5, 0.6) is 0 Å². The van der Waals surface area contributed by atoms with Crippen LogP contribution in [0.25, 0.3) is 0 Å². The number of rotatable bonds is 8. The highest BCUT2D eigenvalue weighted by Crippen LogP contribution is 2.19. The largest absolute Gasteiger partial charge is 0.360 e. The third-order valence-electron chi connectivity index (χ3n) is 1.90. The summed E-state index contributed by atoms with van der Waals surface area (Å²) >= 11 is 3.57. The summed E-state index contributed by atoms with van der Waals surface area (Å²) in [5.74, 6) is 2.11. The number of hydrogen-bond acceptors (Lipinski definition) is 6. The molecule has 1 heterocycles. The van der Waals surface area contributed by atoms with Crippen molar-refractivity contribution in [3.8, 4) is 0 Å². The molecule has 0 atom stereocenters. The SMILES string of the molecule is CCCNc1nnc(CSCCN(C)C)s1. The van der Waals surface area contributed by atoms with Gasteiger partial charge in [0, 0.05) is 24.6 Å². The van der Waals surface area contributed by atoms with E-state index in [1.807, 2.05) is 11.8 Å². The quantitative estimate of drug-likeness (QED) is 0.725. The predicted octanol–water partition coefficient (Wildman–Crippen LogP) is 2.15. The van der Waals surface area contributed by atoms with Gasteiger partial charge in [-0.2, -0.15) is 11.8 Å².